The minimum absolute atomic E-state index is 0.0320. The van der Waals surface area contributed by atoms with Gasteiger partial charge in [0.2, 0.25) is 16.0 Å². The van der Waals surface area contributed by atoms with Crippen LogP contribution < -0.4 is 15.4 Å². The zero-order valence-electron chi connectivity index (χ0n) is 15.6. The number of nitrogens with one attached hydrogen (secondary N) is 3. The number of aliphatic hydroxyl groups is 2. The predicted molar refractivity (Wildman–Crippen MR) is 111 cm³/mol. The average Bonchev–Trinajstić information content (AvgIpc) is 2.68. The molecule has 2 aromatic rings. The first-order valence-electron chi connectivity index (χ1n) is 8.68. The van der Waals surface area contributed by atoms with E-state index in [1.807, 2.05) is 6.92 Å². The number of anilines is 3. The summed E-state index contributed by atoms with van der Waals surface area (Å²) in [5.41, 5.74) is 1.07. The zero-order chi connectivity index (χ0) is 20.7. The molecule has 11 heteroatoms. The summed E-state index contributed by atoms with van der Waals surface area (Å²) in [6.07, 6.45) is 2.28. The Bertz CT molecular complexity index is 906. The van der Waals surface area contributed by atoms with E-state index < -0.39 is 10.0 Å². The van der Waals surface area contributed by atoms with Crippen LogP contribution in [0.3, 0.4) is 0 Å². The molecule has 28 heavy (non-hydrogen) atoms. The minimum Gasteiger partial charge on any atom is -0.395 e. The van der Waals surface area contributed by atoms with Gasteiger partial charge in [0, 0.05) is 18.4 Å². The lowest BCUT2D eigenvalue weighted by Crippen LogP contribution is -2.27. The Morgan fingerprint density at radius 3 is 2.68 bits per heavy atom. The molecule has 1 aromatic carbocycles. The average molecular weight is 474 g/mol. The zero-order valence-corrected chi connectivity index (χ0v) is 18.0. The summed E-state index contributed by atoms with van der Waals surface area (Å²) < 4.78 is 27.7. The first-order chi connectivity index (χ1) is 13.3. The van der Waals surface area contributed by atoms with Crippen molar-refractivity contribution in [1.82, 2.24) is 14.7 Å². The summed E-state index contributed by atoms with van der Waals surface area (Å²) >= 11 is 3.37. The standard InChI is InChI=1S/C17H24BrN5O4S/c1-3-12(10-25)21-16-14(18)9-19-17(23-16)22-13-5-4-11(2)15(8-13)28(26,27)20-6-7-24/h4-5,8-9,12,20,24-25H,3,6-7,10H2,1-2H3,(H2,19,21,22,23)/t12-/m1/s1. The topological polar surface area (TPSA) is 136 Å². The molecule has 0 fully saturated rings. The van der Waals surface area contributed by atoms with Gasteiger partial charge in [-0.2, -0.15) is 4.98 Å². The Morgan fingerprint density at radius 1 is 1.29 bits per heavy atom. The van der Waals surface area contributed by atoms with E-state index in [9.17, 15) is 13.5 Å². The van der Waals surface area contributed by atoms with Crippen LogP contribution in [0.2, 0.25) is 0 Å². The van der Waals surface area contributed by atoms with Crippen molar-refractivity contribution in [2.45, 2.75) is 31.2 Å². The van der Waals surface area contributed by atoms with E-state index in [2.05, 4.69) is 41.3 Å². The quantitative estimate of drug-likeness (QED) is 0.351. The van der Waals surface area contributed by atoms with Crippen LogP contribution in [0.4, 0.5) is 17.5 Å². The summed E-state index contributed by atoms with van der Waals surface area (Å²) in [7, 11) is -3.74. The second kappa shape index (κ2) is 10.1. The Hall–Kier alpha value is -1.79. The Kier molecular flexibility index (Phi) is 8.13. The first kappa shape index (κ1) is 22.5. The van der Waals surface area contributed by atoms with Gasteiger partial charge in [0.25, 0.3) is 0 Å². The Morgan fingerprint density at radius 2 is 2.04 bits per heavy atom. The maximum atomic E-state index is 12.4. The lowest BCUT2D eigenvalue weighted by molar-refractivity contribution is 0.271. The highest BCUT2D eigenvalue weighted by Crippen LogP contribution is 2.25. The molecule has 0 aliphatic rings. The molecule has 1 aromatic heterocycles. The molecule has 1 heterocycles. The molecule has 0 unspecified atom stereocenters. The van der Waals surface area contributed by atoms with Crippen LogP contribution >= 0.6 is 15.9 Å². The molecule has 0 aliphatic carbocycles. The van der Waals surface area contributed by atoms with Crippen LogP contribution in [0.1, 0.15) is 18.9 Å². The lowest BCUT2D eigenvalue weighted by atomic mass is 10.2. The third kappa shape index (κ3) is 5.85. The number of hydrogen-bond acceptors (Lipinski definition) is 8. The number of rotatable bonds is 10. The SMILES string of the molecule is CC[C@H](CO)Nc1nc(Nc2ccc(C)c(S(=O)(=O)NCCO)c2)ncc1Br. The second-order valence-electron chi connectivity index (χ2n) is 6.05. The van der Waals surface area contributed by atoms with Crippen LogP contribution in [0.15, 0.2) is 33.8 Å². The van der Waals surface area contributed by atoms with Gasteiger partial charge < -0.3 is 20.8 Å². The second-order valence-corrected chi connectivity index (χ2v) is 8.64. The molecule has 9 nitrogen and oxygen atoms in total. The minimum atomic E-state index is -3.74. The maximum Gasteiger partial charge on any atom is 0.240 e. The lowest BCUT2D eigenvalue weighted by Gasteiger charge is -2.16. The fourth-order valence-electron chi connectivity index (χ4n) is 2.35. The van der Waals surface area contributed by atoms with Crippen molar-refractivity contribution in [2.75, 3.05) is 30.4 Å². The fraction of sp³-hybridized carbons (Fsp3) is 0.412. The largest absolute Gasteiger partial charge is 0.395 e. The highest BCUT2D eigenvalue weighted by Gasteiger charge is 2.17. The number of benzene rings is 1. The molecular formula is C17H24BrN5O4S. The Labute approximate surface area is 172 Å². The molecule has 0 radical (unpaired) electrons. The van der Waals surface area contributed by atoms with Gasteiger partial charge in [-0.3, -0.25) is 0 Å². The van der Waals surface area contributed by atoms with E-state index in [-0.39, 0.29) is 36.6 Å². The van der Waals surface area contributed by atoms with Crippen molar-refractivity contribution >= 4 is 43.4 Å². The van der Waals surface area contributed by atoms with E-state index >= 15 is 0 Å². The van der Waals surface area contributed by atoms with E-state index in [4.69, 9.17) is 5.11 Å². The van der Waals surface area contributed by atoms with Crippen LogP contribution in [-0.4, -0.2) is 54.4 Å². The molecule has 0 bridgehead atoms. The van der Waals surface area contributed by atoms with E-state index in [1.54, 1.807) is 25.3 Å². The number of hydrogen-bond donors (Lipinski definition) is 5. The number of nitrogens with zero attached hydrogens (tertiary/aromatic N) is 2. The van der Waals surface area contributed by atoms with E-state index in [0.717, 1.165) is 6.42 Å². The van der Waals surface area contributed by atoms with Gasteiger partial charge >= 0.3 is 0 Å². The molecule has 2 rings (SSSR count). The van der Waals surface area contributed by atoms with Crippen molar-refractivity contribution in [3.63, 3.8) is 0 Å². The van der Waals surface area contributed by atoms with Gasteiger partial charge in [-0.25, -0.2) is 18.1 Å². The van der Waals surface area contributed by atoms with Crippen LogP contribution in [0.5, 0.6) is 0 Å². The highest BCUT2D eigenvalue weighted by atomic mass is 79.9. The summed E-state index contributed by atoms with van der Waals surface area (Å²) in [6.45, 7) is 3.26. The summed E-state index contributed by atoms with van der Waals surface area (Å²) in [5, 5.41) is 24.3. The van der Waals surface area contributed by atoms with Gasteiger partial charge in [0.1, 0.15) is 5.82 Å². The number of aromatic nitrogens is 2. The number of halogens is 1. The van der Waals surface area contributed by atoms with Crippen molar-refractivity contribution in [3.8, 4) is 0 Å². The van der Waals surface area contributed by atoms with Gasteiger partial charge in [-0.1, -0.05) is 13.0 Å². The molecule has 1 atom stereocenters. The van der Waals surface area contributed by atoms with E-state index in [0.29, 0.717) is 21.5 Å². The van der Waals surface area contributed by atoms with Gasteiger partial charge in [0.15, 0.2) is 0 Å². The highest BCUT2D eigenvalue weighted by molar-refractivity contribution is 9.10. The summed E-state index contributed by atoms with van der Waals surface area (Å²) in [6, 6.07) is 4.73. The fourth-order valence-corrected chi connectivity index (χ4v) is 3.95. The molecule has 0 saturated heterocycles. The molecule has 0 amide bonds. The predicted octanol–water partition coefficient (Wildman–Crippen LogP) is 1.74. The summed E-state index contributed by atoms with van der Waals surface area (Å²) in [4.78, 5) is 8.67. The molecule has 5 N–H and O–H groups in total. The number of aryl methyl sites for hydroxylation is 1. The smallest absolute Gasteiger partial charge is 0.240 e. The van der Waals surface area contributed by atoms with Crippen molar-refractivity contribution in [1.29, 1.82) is 0 Å². The number of sulfonamides is 1. The first-order valence-corrected chi connectivity index (χ1v) is 11.0. The maximum absolute atomic E-state index is 12.4. The van der Waals surface area contributed by atoms with Crippen LogP contribution in [0, 0.1) is 6.92 Å². The molecule has 0 spiro atoms. The number of aliphatic hydroxyl groups excluding tert-OH is 2. The van der Waals surface area contributed by atoms with Crippen molar-refractivity contribution in [2.24, 2.45) is 0 Å². The molecule has 154 valence electrons. The third-order valence-corrected chi connectivity index (χ3v) is 6.12. The van der Waals surface area contributed by atoms with E-state index in [1.165, 1.54) is 6.07 Å². The summed E-state index contributed by atoms with van der Waals surface area (Å²) in [5.74, 6) is 0.789. The normalized spacial score (nSPS) is 12.6. The van der Waals surface area contributed by atoms with Gasteiger partial charge in [-0.15, -0.1) is 0 Å². The third-order valence-electron chi connectivity index (χ3n) is 3.94. The van der Waals surface area contributed by atoms with Crippen molar-refractivity contribution < 1.29 is 18.6 Å². The molecule has 0 saturated carbocycles. The van der Waals surface area contributed by atoms with Crippen LogP contribution in [0.25, 0.3) is 0 Å². The monoisotopic (exact) mass is 473 g/mol. The van der Waals surface area contributed by atoms with Crippen molar-refractivity contribution in [3.05, 3.63) is 34.4 Å². The van der Waals surface area contributed by atoms with Crippen LogP contribution in [-0.2, 0) is 10.0 Å². The van der Waals surface area contributed by atoms with Gasteiger partial charge in [0.05, 0.1) is 28.6 Å². The van der Waals surface area contributed by atoms with Gasteiger partial charge in [-0.05, 0) is 47.0 Å². The molecular weight excluding hydrogens is 450 g/mol. The molecule has 0 aliphatic heterocycles. The Balaban J connectivity index is 2.27.